The van der Waals surface area contributed by atoms with Crippen LogP contribution in [0.4, 0.5) is 0 Å². The molecular formula is C23H26O8. The Balaban J connectivity index is 1.77. The summed E-state index contributed by atoms with van der Waals surface area (Å²) < 4.78 is 27.9. The Labute approximate surface area is 180 Å². The first-order valence-electron chi connectivity index (χ1n) is 10.3. The van der Waals surface area contributed by atoms with Crippen molar-refractivity contribution in [2.75, 3.05) is 7.11 Å². The highest BCUT2D eigenvalue weighted by Gasteiger charge is 2.59. The van der Waals surface area contributed by atoms with Gasteiger partial charge >= 0.3 is 17.9 Å². The van der Waals surface area contributed by atoms with Gasteiger partial charge in [-0.05, 0) is 32.3 Å². The van der Waals surface area contributed by atoms with Gasteiger partial charge < -0.3 is 23.4 Å². The van der Waals surface area contributed by atoms with Gasteiger partial charge in [-0.15, -0.1) is 0 Å². The predicted octanol–water partition coefficient (Wildman–Crippen LogP) is 3.21. The molecule has 0 radical (unpaired) electrons. The van der Waals surface area contributed by atoms with E-state index in [4.69, 9.17) is 23.4 Å². The monoisotopic (exact) mass is 430 g/mol. The smallest absolute Gasteiger partial charge is 0.341 e. The van der Waals surface area contributed by atoms with Gasteiger partial charge in [-0.3, -0.25) is 4.79 Å². The summed E-state index contributed by atoms with van der Waals surface area (Å²) in [5, 5.41) is 0. The number of ether oxygens (including phenoxy) is 4. The molecule has 1 aromatic heterocycles. The van der Waals surface area contributed by atoms with E-state index >= 15 is 0 Å². The van der Waals surface area contributed by atoms with Crippen LogP contribution in [-0.2, 0) is 35.0 Å². The van der Waals surface area contributed by atoms with Gasteiger partial charge in [0, 0.05) is 19.8 Å². The van der Waals surface area contributed by atoms with Crippen LogP contribution in [0, 0.1) is 5.92 Å². The minimum atomic E-state index is -0.796. The average molecular weight is 430 g/mol. The van der Waals surface area contributed by atoms with Gasteiger partial charge in [0.2, 0.25) is 0 Å². The lowest BCUT2D eigenvalue weighted by molar-refractivity contribution is -0.151. The number of allylic oxidation sites excluding steroid dienone is 2. The van der Waals surface area contributed by atoms with Crippen molar-refractivity contribution < 1.29 is 37.7 Å². The standard InChI is InChI=1S/C23H26O8/c1-11(2)13-6-7-14-19(28-12(3)24)18(30-22(14)26)10-23(4)20(31-23)17-9-15(21(25)27-5)16(8-13)29-17/h7,9,13,18-20H,1,6,8,10H2,2-5H3/b14-7+/t13-,18-,19+,20+,23?/m0/s1. The van der Waals surface area contributed by atoms with Crippen LogP contribution >= 0.6 is 0 Å². The van der Waals surface area contributed by atoms with E-state index in [1.165, 1.54) is 14.0 Å². The van der Waals surface area contributed by atoms with E-state index in [9.17, 15) is 14.4 Å². The van der Waals surface area contributed by atoms with Crippen molar-refractivity contribution in [2.24, 2.45) is 5.92 Å². The summed E-state index contributed by atoms with van der Waals surface area (Å²) in [7, 11) is 1.32. The van der Waals surface area contributed by atoms with Crippen molar-refractivity contribution in [1.29, 1.82) is 0 Å². The zero-order valence-corrected chi connectivity index (χ0v) is 18.1. The molecule has 0 aromatic carbocycles. The number of hydrogen-bond acceptors (Lipinski definition) is 8. The van der Waals surface area contributed by atoms with Gasteiger partial charge in [0.05, 0.1) is 12.7 Å². The summed E-state index contributed by atoms with van der Waals surface area (Å²) in [6, 6.07) is 1.66. The van der Waals surface area contributed by atoms with Crippen molar-refractivity contribution in [1.82, 2.24) is 0 Å². The number of methoxy groups -OCH3 is 1. The number of carbonyl (C=O) groups excluding carboxylic acids is 3. The average Bonchev–Trinajstić information content (AvgIpc) is 3.04. The molecule has 3 aliphatic rings. The molecule has 0 aliphatic carbocycles. The van der Waals surface area contributed by atoms with Crippen molar-refractivity contribution in [3.63, 3.8) is 0 Å². The van der Waals surface area contributed by atoms with Crippen molar-refractivity contribution in [3.8, 4) is 0 Å². The maximum absolute atomic E-state index is 12.6. The minimum Gasteiger partial charge on any atom is -0.465 e. The van der Waals surface area contributed by atoms with Crippen LogP contribution in [0.25, 0.3) is 0 Å². The Morgan fingerprint density at radius 2 is 2.03 bits per heavy atom. The topological polar surface area (TPSA) is 105 Å². The molecule has 0 spiro atoms. The first kappa shape index (κ1) is 21.4. The maximum atomic E-state index is 12.6. The van der Waals surface area contributed by atoms with Crippen molar-refractivity contribution in [2.45, 2.75) is 63.9 Å². The second kappa shape index (κ2) is 7.67. The Hall–Kier alpha value is -2.87. The van der Waals surface area contributed by atoms with E-state index in [1.807, 2.05) is 13.8 Å². The number of fused-ring (bicyclic) bond motifs is 6. The number of epoxide rings is 1. The Bertz CT molecular complexity index is 986. The van der Waals surface area contributed by atoms with Crippen LogP contribution in [0.3, 0.4) is 0 Å². The maximum Gasteiger partial charge on any atom is 0.341 e. The molecular weight excluding hydrogens is 404 g/mol. The highest BCUT2D eigenvalue weighted by Crippen LogP contribution is 2.54. The second-order valence-corrected chi connectivity index (χ2v) is 8.61. The van der Waals surface area contributed by atoms with Crippen LogP contribution in [0.5, 0.6) is 0 Å². The largest absolute Gasteiger partial charge is 0.465 e. The van der Waals surface area contributed by atoms with Gasteiger partial charge in [0.25, 0.3) is 0 Å². The summed E-state index contributed by atoms with van der Waals surface area (Å²) in [6.07, 6.45) is 1.00. The van der Waals surface area contributed by atoms with Gasteiger partial charge in [0.15, 0.2) is 6.10 Å². The third kappa shape index (κ3) is 3.92. The second-order valence-electron chi connectivity index (χ2n) is 8.61. The SMILES string of the molecule is C=C(C)[C@H]1C/C=C2/C(=O)O[C@@H](CC3(C)O[C@@H]3c3cc(C(=O)OC)c(o3)C1)[C@@H]2OC(C)=O. The molecule has 1 unspecified atom stereocenters. The fourth-order valence-electron chi connectivity index (χ4n) is 4.36. The first-order chi connectivity index (χ1) is 14.6. The molecule has 166 valence electrons. The molecule has 2 fully saturated rings. The lowest BCUT2D eigenvalue weighted by Crippen LogP contribution is -2.31. The van der Waals surface area contributed by atoms with Crippen LogP contribution in [0.1, 0.15) is 61.6 Å². The van der Waals surface area contributed by atoms with E-state index < -0.39 is 41.8 Å². The molecule has 8 nitrogen and oxygen atoms in total. The van der Waals surface area contributed by atoms with Crippen molar-refractivity contribution in [3.05, 3.63) is 47.0 Å². The zero-order valence-electron chi connectivity index (χ0n) is 18.1. The fourth-order valence-corrected chi connectivity index (χ4v) is 4.36. The quantitative estimate of drug-likeness (QED) is 0.312. The molecule has 8 heteroatoms. The number of hydrogen-bond donors (Lipinski definition) is 0. The Morgan fingerprint density at radius 3 is 2.68 bits per heavy atom. The molecule has 2 saturated heterocycles. The highest BCUT2D eigenvalue weighted by atomic mass is 16.6. The molecule has 1 aromatic rings. The molecule has 3 aliphatic heterocycles. The Kier molecular flexibility index (Phi) is 5.29. The summed E-state index contributed by atoms with van der Waals surface area (Å²) in [4.78, 5) is 36.6. The van der Waals surface area contributed by atoms with Gasteiger partial charge in [-0.1, -0.05) is 18.2 Å². The lowest BCUT2D eigenvalue weighted by Gasteiger charge is -2.20. The summed E-state index contributed by atoms with van der Waals surface area (Å²) in [5.74, 6) is -0.577. The third-order valence-corrected chi connectivity index (χ3v) is 6.16. The van der Waals surface area contributed by atoms with Crippen molar-refractivity contribution >= 4 is 17.9 Å². The summed E-state index contributed by atoms with van der Waals surface area (Å²) in [5.41, 5.74) is 0.849. The molecule has 4 heterocycles. The minimum absolute atomic E-state index is 0.119. The normalized spacial score (nSPS) is 33.4. The van der Waals surface area contributed by atoms with Crippen LogP contribution in [-0.4, -0.2) is 42.8 Å². The van der Waals surface area contributed by atoms with E-state index in [2.05, 4.69) is 6.58 Å². The lowest BCUT2D eigenvalue weighted by atomic mass is 9.89. The number of rotatable bonds is 3. The summed E-state index contributed by atoms with van der Waals surface area (Å²) >= 11 is 0. The first-order valence-corrected chi connectivity index (χ1v) is 10.3. The number of esters is 3. The van der Waals surface area contributed by atoms with Crippen LogP contribution < -0.4 is 0 Å². The predicted molar refractivity (Wildman–Crippen MR) is 107 cm³/mol. The van der Waals surface area contributed by atoms with E-state index in [0.717, 1.165) is 5.57 Å². The Morgan fingerprint density at radius 1 is 1.29 bits per heavy atom. The van der Waals surface area contributed by atoms with Gasteiger partial charge in [-0.2, -0.15) is 0 Å². The van der Waals surface area contributed by atoms with Gasteiger partial charge in [0.1, 0.15) is 34.9 Å². The number of carbonyl (C=O) groups is 3. The van der Waals surface area contributed by atoms with E-state index in [-0.39, 0.29) is 5.92 Å². The van der Waals surface area contributed by atoms with Crippen LogP contribution in [0.15, 0.2) is 34.3 Å². The molecule has 4 rings (SSSR count). The third-order valence-electron chi connectivity index (χ3n) is 6.16. The van der Waals surface area contributed by atoms with E-state index in [1.54, 1.807) is 12.1 Å². The molecule has 4 bridgehead atoms. The zero-order chi connectivity index (χ0) is 22.5. The fraction of sp³-hybridized carbons (Fsp3) is 0.522. The van der Waals surface area contributed by atoms with Gasteiger partial charge in [-0.25, -0.2) is 9.59 Å². The van der Waals surface area contributed by atoms with E-state index in [0.29, 0.717) is 41.9 Å². The molecule has 0 amide bonds. The molecule has 0 saturated carbocycles. The highest BCUT2D eigenvalue weighted by molar-refractivity contribution is 5.93. The van der Waals surface area contributed by atoms with Crippen LogP contribution in [0.2, 0.25) is 0 Å². The molecule has 0 N–H and O–H groups in total. The number of furan rings is 1. The molecule has 31 heavy (non-hydrogen) atoms. The molecule has 5 atom stereocenters. The summed E-state index contributed by atoms with van der Waals surface area (Å²) in [6.45, 7) is 9.11.